The molecule has 0 amide bonds. The molecule has 27 rings (SSSR count). The molecule has 0 unspecified atom stereocenters. The molecule has 0 N–H and O–H groups in total. The molecule has 9 nitrogen and oxygen atoms in total. The molecule has 3 heterocycles. The molecule has 3 aromatic heterocycles. The summed E-state index contributed by atoms with van der Waals surface area (Å²) in [5.74, 6) is 5.80. The van der Waals surface area contributed by atoms with Crippen LogP contribution >= 0.6 is 0 Å². The van der Waals surface area contributed by atoms with Gasteiger partial charge >= 0.3 is 0 Å². The van der Waals surface area contributed by atoms with Crippen molar-refractivity contribution in [1.29, 1.82) is 0 Å². The normalized spacial score (nSPS) is 11.3. The van der Waals surface area contributed by atoms with Crippen LogP contribution in [0.1, 0.15) is 0 Å². The number of hydrogen-bond donors (Lipinski definition) is 0. The topological polar surface area (TPSA) is 116 Å². The molecular weight excluding hydrogens is 1750 g/mol. The van der Waals surface area contributed by atoms with Crippen LogP contribution in [0.2, 0.25) is 0 Å². The van der Waals surface area contributed by atoms with Gasteiger partial charge in [0.05, 0.1) is 0 Å². The quantitative estimate of drug-likeness (QED) is 0.0925. The largest absolute Gasteiger partial charge is 0.208 e. The Hall–Kier alpha value is -19.4. The van der Waals surface area contributed by atoms with Crippen LogP contribution in [0.4, 0.5) is 0 Å². The van der Waals surface area contributed by atoms with Gasteiger partial charge in [-0.15, -0.1) is 0 Å². The Bertz CT molecular complexity index is 9540. The van der Waals surface area contributed by atoms with Crippen LogP contribution in [0.25, 0.3) is 266 Å². The number of aromatic nitrogens is 9. The average molecular weight is 1840 g/mol. The van der Waals surface area contributed by atoms with E-state index in [1.807, 2.05) is 18.2 Å². The second-order valence-corrected chi connectivity index (χ2v) is 36.1. The van der Waals surface area contributed by atoms with Crippen LogP contribution in [0.5, 0.6) is 0 Å². The first kappa shape index (κ1) is 86.2. The van der Waals surface area contributed by atoms with Crippen LogP contribution in [-0.4, -0.2) is 44.9 Å². The first-order chi connectivity index (χ1) is 71.4. The van der Waals surface area contributed by atoms with Gasteiger partial charge in [-0.3, -0.25) is 0 Å². The van der Waals surface area contributed by atoms with Gasteiger partial charge in [0, 0.05) is 50.1 Å². The number of rotatable bonds is 15. The summed E-state index contributed by atoms with van der Waals surface area (Å²) in [4.78, 5) is 46.5. The Morgan fingerprint density at radius 3 is 0.646 bits per heavy atom. The van der Waals surface area contributed by atoms with Crippen molar-refractivity contribution in [3.63, 3.8) is 0 Å². The van der Waals surface area contributed by atoms with Crippen LogP contribution < -0.4 is 0 Å². The molecule has 0 radical (unpaired) electrons. The lowest BCUT2D eigenvalue weighted by Gasteiger charge is -2.15. The van der Waals surface area contributed by atoms with E-state index in [2.05, 4.69) is 510 Å². The fourth-order valence-corrected chi connectivity index (χ4v) is 20.3. The minimum Gasteiger partial charge on any atom is -0.208 e. The molecule has 672 valence electrons. The summed E-state index contributed by atoms with van der Waals surface area (Å²) in [6.45, 7) is 0. The SMILES string of the molecule is c1ccc(-c2ccc(-c3nc(-c4ccc(-c5cccc6ccccc56)cc4)nc(-c4cc5ccccc5c5ccccc45)n3)cc2)cc1.c1ccc(-c2ccc(-c3nc(-c4cccc(-c5cccc6ccccc56)c4)nc(-c4cc5ccccc5c5ccccc45)n3)cc2)cc1.c1ccc(-c2ccc(-c3nc(-c4ccccc4-c4cccc5ccccc45)nc(-c4cc5ccccc5c5ccccc45)n3)cc2)cc1. The molecule has 0 saturated carbocycles. The van der Waals surface area contributed by atoms with Gasteiger partial charge in [-0.1, -0.05) is 504 Å². The van der Waals surface area contributed by atoms with Crippen molar-refractivity contribution in [2.45, 2.75) is 0 Å². The Balaban J connectivity index is 0.000000113. The molecule has 0 bridgehead atoms. The molecule has 144 heavy (non-hydrogen) atoms. The lowest BCUT2D eigenvalue weighted by Crippen LogP contribution is -2.01. The Kier molecular flexibility index (Phi) is 22.9. The Morgan fingerprint density at radius 2 is 0.285 bits per heavy atom. The zero-order chi connectivity index (χ0) is 95.6. The van der Waals surface area contributed by atoms with Gasteiger partial charge in [0.1, 0.15) is 0 Å². The summed E-state index contributed by atoms with van der Waals surface area (Å²) in [5, 5.41) is 21.3. The predicted molar refractivity (Wildman–Crippen MR) is 599 cm³/mol. The molecule has 0 fully saturated rings. The standard InChI is InChI=1S/3C45H29N3/c1-2-12-30(13-3-1)31-24-26-33(27-25-31)43-46-44(36-18-10-17-34(28-36)38-23-11-16-32-14-4-6-19-37(32)38)48-45(47-43)42-29-35-15-5-7-20-39(35)40-21-8-9-22-41(40)42;1-2-13-30(14-3-1)31-25-27-33(28-26-31)43-46-44(41-23-11-10-21-39(41)38-24-12-17-32-15-4-6-18-35(32)38)48-45(47-43)42-29-34-16-5-7-19-36(34)37-20-8-9-22-40(37)42;1-2-11-30(12-3-1)31-21-25-34(26-22-31)43-46-44(35-27-23-33(24-28-35)38-20-10-15-32-13-4-6-16-37(32)38)48-45(47-43)42-29-36-14-5-7-17-39(36)40-18-8-9-19-41(40)42/h3*1-29H. The highest BCUT2D eigenvalue weighted by molar-refractivity contribution is 6.16. The van der Waals surface area contributed by atoms with E-state index in [4.69, 9.17) is 44.9 Å². The molecule has 0 aliphatic rings. The van der Waals surface area contributed by atoms with Crippen molar-refractivity contribution >= 4 is 97.0 Å². The van der Waals surface area contributed by atoms with Crippen molar-refractivity contribution < 1.29 is 0 Å². The van der Waals surface area contributed by atoms with Crippen molar-refractivity contribution in [2.75, 3.05) is 0 Å². The molecule has 24 aromatic carbocycles. The van der Waals surface area contributed by atoms with E-state index in [1.165, 1.54) is 92.5 Å². The number of nitrogens with zero attached hydrogens (tertiary/aromatic N) is 9. The van der Waals surface area contributed by atoms with E-state index < -0.39 is 0 Å². The molecule has 0 atom stereocenters. The van der Waals surface area contributed by atoms with Gasteiger partial charge in [0.25, 0.3) is 0 Å². The highest BCUT2D eigenvalue weighted by Gasteiger charge is 2.24. The van der Waals surface area contributed by atoms with Crippen molar-refractivity contribution in [3.8, 4) is 169 Å². The fourth-order valence-electron chi connectivity index (χ4n) is 20.3. The molecular formula is C135H87N9. The Morgan fingerprint density at radius 1 is 0.0833 bits per heavy atom. The maximum Gasteiger partial charge on any atom is 0.164 e. The van der Waals surface area contributed by atoms with Crippen LogP contribution in [0, 0.1) is 0 Å². The minimum atomic E-state index is 0.638. The number of hydrogen-bond acceptors (Lipinski definition) is 9. The third-order valence-corrected chi connectivity index (χ3v) is 27.4. The van der Waals surface area contributed by atoms with Gasteiger partial charge < -0.3 is 0 Å². The molecule has 0 spiro atoms. The highest BCUT2D eigenvalue weighted by Crippen LogP contribution is 2.44. The Labute approximate surface area is 833 Å². The lowest BCUT2D eigenvalue weighted by atomic mass is 9.94. The molecule has 0 aliphatic heterocycles. The van der Waals surface area contributed by atoms with Crippen molar-refractivity contribution in [3.05, 3.63) is 528 Å². The first-order valence-corrected chi connectivity index (χ1v) is 48.6. The number of benzene rings is 24. The van der Waals surface area contributed by atoms with Crippen LogP contribution in [0.3, 0.4) is 0 Å². The van der Waals surface area contributed by atoms with Crippen molar-refractivity contribution in [2.24, 2.45) is 0 Å². The van der Waals surface area contributed by atoms with E-state index in [0.717, 1.165) is 121 Å². The fraction of sp³-hybridized carbons (Fsp3) is 0. The third kappa shape index (κ3) is 17.0. The summed E-state index contributed by atoms with van der Waals surface area (Å²) >= 11 is 0. The molecule has 27 aromatic rings. The second-order valence-electron chi connectivity index (χ2n) is 36.1. The van der Waals surface area contributed by atoms with E-state index in [1.54, 1.807) is 0 Å². The van der Waals surface area contributed by atoms with Gasteiger partial charge in [-0.05, 0) is 188 Å². The van der Waals surface area contributed by atoms with Gasteiger partial charge in [0.15, 0.2) is 52.4 Å². The average Bonchev–Trinajstić information content (AvgIpc) is 0.758. The van der Waals surface area contributed by atoms with Crippen molar-refractivity contribution in [1.82, 2.24) is 44.9 Å². The van der Waals surface area contributed by atoms with E-state index >= 15 is 0 Å². The second kappa shape index (κ2) is 38.2. The predicted octanol–water partition coefficient (Wildman–Crippen LogP) is 35.0. The maximum atomic E-state index is 5.27. The highest BCUT2D eigenvalue weighted by atomic mass is 15.1. The third-order valence-electron chi connectivity index (χ3n) is 27.4. The zero-order valence-electron chi connectivity index (χ0n) is 78.3. The van der Waals surface area contributed by atoms with Gasteiger partial charge in [-0.2, -0.15) is 0 Å². The lowest BCUT2D eigenvalue weighted by molar-refractivity contribution is 1.08. The smallest absolute Gasteiger partial charge is 0.164 e. The maximum absolute atomic E-state index is 5.27. The summed E-state index contributed by atoms with van der Waals surface area (Å²) in [6.07, 6.45) is 0. The summed E-state index contributed by atoms with van der Waals surface area (Å²) in [7, 11) is 0. The van der Waals surface area contributed by atoms with Crippen LogP contribution in [0.15, 0.2) is 528 Å². The minimum absolute atomic E-state index is 0.638. The number of fused-ring (bicyclic) bond motifs is 12. The summed E-state index contributed by atoms with van der Waals surface area (Å²) < 4.78 is 0. The van der Waals surface area contributed by atoms with E-state index in [0.29, 0.717) is 52.4 Å². The van der Waals surface area contributed by atoms with Crippen LogP contribution in [-0.2, 0) is 0 Å². The summed E-state index contributed by atoms with van der Waals surface area (Å²) in [5.41, 5.74) is 22.5. The van der Waals surface area contributed by atoms with E-state index in [-0.39, 0.29) is 0 Å². The van der Waals surface area contributed by atoms with E-state index in [9.17, 15) is 0 Å². The van der Waals surface area contributed by atoms with Gasteiger partial charge in [-0.25, -0.2) is 44.9 Å². The van der Waals surface area contributed by atoms with Gasteiger partial charge in [0.2, 0.25) is 0 Å². The molecule has 9 heteroatoms. The molecule has 0 saturated heterocycles. The zero-order valence-corrected chi connectivity index (χ0v) is 78.3. The monoisotopic (exact) mass is 1830 g/mol. The first-order valence-electron chi connectivity index (χ1n) is 48.6. The summed E-state index contributed by atoms with van der Waals surface area (Å²) in [6, 6.07) is 185. The molecule has 0 aliphatic carbocycles.